The van der Waals surface area contributed by atoms with Gasteiger partial charge in [-0.1, -0.05) is 168 Å². The fourth-order valence-electron chi connectivity index (χ4n) is 7.16. The molecule has 0 aliphatic rings. The quantitative estimate of drug-likeness (QED) is 0.0425. The second-order valence-electron chi connectivity index (χ2n) is 15.7. The minimum absolute atomic E-state index is 0.0668. The first-order valence-electron chi connectivity index (χ1n) is 19.4. The predicted octanol–water partition coefficient (Wildman–Crippen LogP) is 15.1. The standard InChI is InChI=1S/C39H65F6OSi3/c1-9-47(7,10-2)25-21-17-13-15-19-23-27-49(30(5)6,28-24-20-16-14-18-22-26-48(8,11-3)12-4)46-39-37(44)33-31(40)29-32(41)35(42)34(33)36(43)38(39)45/h30H,9-28H2,1-8H3. The highest BCUT2D eigenvalue weighted by Gasteiger charge is 2.42. The molecule has 10 heteroatoms. The molecule has 0 unspecified atom stereocenters. The molecule has 1 nitrogen and oxygen atoms in total. The number of hydrogen-bond donors (Lipinski definition) is 0. The van der Waals surface area contributed by atoms with Gasteiger partial charge in [0.15, 0.2) is 29.0 Å². The van der Waals surface area contributed by atoms with Crippen LogP contribution in [-0.2, 0) is 0 Å². The zero-order valence-corrected chi connectivity index (χ0v) is 34.9. The summed E-state index contributed by atoms with van der Waals surface area (Å²) in [6, 6.07) is 10.7. The minimum Gasteiger partial charge on any atom is -0.539 e. The molecule has 0 saturated heterocycles. The van der Waals surface area contributed by atoms with Crippen molar-refractivity contribution < 1.29 is 30.8 Å². The molecular formula is C39H65F6OSi3. The minimum atomic E-state index is -2.98. The van der Waals surface area contributed by atoms with Gasteiger partial charge in [0.1, 0.15) is 5.82 Å². The summed E-state index contributed by atoms with van der Waals surface area (Å²) in [5.74, 6) is -11.5. The highest BCUT2D eigenvalue weighted by Crippen LogP contribution is 2.42. The van der Waals surface area contributed by atoms with Crippen molar-refractivity contribution in [2.75, 3.05) is 0 Å². The third kappa shape index (κ3) is 12.1. The van der Waals surface area contributed by atoms with Gasteiger partial charge in [0, 0.05) is 16.1 Å². The monoisotopic (exact) mass is 747 g/mol. The number of halogens is 6. The largest absolute Gasteiger partial charge is 0.539 e. The van der Waals surface area contributed by atoms with E-state index in [1.54, 1.807) is 0 Å². The third-order valence-electron chi connectivity index (χ3n) is 12.2. The highest BCUT2D eigenvalue weighted by atomic mass is 28.4. The van der Waals surface area contributed by atoms with Gasteiger partial charge in [0.05, 0.1) is 16.8 Å². The molecule has 2 rings (SSSR count). The van der Waals surface area contributed by atoms with E-state index in [2.05, 4.69) is 40.8 Å². The Bertz CT molecular complexity index is 1260. The Hall–Kier alpha value is -1.27. The molecule has 0 N–H and O–H groups in total. The van der Waals surface area contributed by atoms with Crippen molar-refractivity contribution >= 4 is 35.2 Å². The Morgan fingerprint density at radius 1 is 0.490 bits per heavy atom. The fraction of sp³-hybridized carbons (Fsp3) is 0.744. The van der Waals surface area contributed by atoms with E-state index in [-0.39, 0.29) is 5.54 Å². The molecular weight excluding hydrogens is 683 g/mol. The van der Waals surface area contributed by atoms with Crippen molar-refractivity contribution in [3.05, 3.63) is 41.0 Å². The normalized spacial score (nSPS) is 12.9. The van der Waals surface area contributed by atoms with Gasteiger partial charge in [0.2, 0.25) is 5.82 Å². The third-order valence-corrected chi connectivity index (χ3v) is 27.2. The molecule has 0 aromatic heterocycles. The number of hydrogen-bond acceptors (Lipinski definition) is 1. The van der Waals surface area contributed by atoms with Gasteiger partial charge in [-0.05, 0) is 17.6 Å². The topological polar surface area (TPSA) is 9.23 Å². The van der Waals surface area contributed by atoms with Crippen LogP contribution in [0, 0.1) is 41.0 Å². The van der Waals surface area contributed by atoms with E-state index < -0.39 is 75.9 Å². The van der Waals surface area contributed by atoms with E-state index in [9.17, 15) is 13.2 Å². The first-order chi connectivity index (χ1) is 23.1. The van der Waals surface area contributed by atoms with Crippen LogP contribution in [0.4, 0.5) is 26.3 Å². The molecule has 281 valence electrons. The Labute approximate surface area is 297 Å². The average molecular weight is 748 g/mol. The van der Waals surface area contributed by atoms with E-state index >= 15 is 13.2 Å². The average Bonchev–Trinajstić information content (AvgIpc) is 3.08. The van der Waals surface area contributed by atoms with Crippen LogP contribution in [0.15, 0.2) is 0 Å². The predicted molar refractivity (Wildman–Crippen MR) is 204 cm³/mol. The van der Waals surface area contributed by atoms with Crippen molar-refractivity contribution in [3.8, 4) is 5.75 Å². The summed E-state index contributed by atoms with van der Waals surface area (Å²) in [6.45, 7) is 18.2. The second kappa shape index (κ2) is 20.7. The summed E-state index contributed by atoms with van der Waals surface area (Å²) in [6.07, 6.45) is 12.9. The Morgan fingerprint density at radius 3 is 1.27 bits per heavy atom. The molecule has 0 amide bonds. The molecule has 49 heavy (non-hydrogen) atoms. The lowest BCUT2D eigenvalue weighted by atomic mass is 10.1. The van der Waals surface area contributed by atoms with E-state index in [0.717, 1.165) is 51.4 Å². The first kappa shape index (κ1) is 43.9. The number of rotatable bonds is 25. The second-order valence-corrected chi connectivity index (χ2v) is 31.2. The van der Waals surface area contributed by atoms with Crippen LogP contribution in [0.25, 0.3) is 10.8 Å². The Morgan fingerprint density at radius 2 is 0.878 bits per heavy atom. The molecule has 0 saturated carbocycles. The van der Waals surface area contributed by atoms with Crippen LogP contribution in [0.3, 0.4) is 0 Å². The van der Waals surface area contributed by atoms with Crippen molar-refractivity contribution in [1.29, 1.82) is 0 Å². The van der Waals surface area contributed by atoms with Crippen molar-refractivity contribution in [1.82, 2.24) is 0 Å². The molecule has 0 fully saturated rings. The van der Waals surface area contributed by atoms with E-state index in [4.69, 9.17) is 4.43 Å². The Kier molecular flexibility index (Phi) is 18.5. The lowest BCUT2D eigenvalue weighted by Crippen LogP contribution is -2.45. The van der Waals surface area contributed by atoms with Gasteiger partial charge in [0.25, 0.3) is 8.32 Å². The lowest BCUT2D eigenvalue weighted by molar-refractivity contribution is 0.404. The molecule has 0 aliphatic heterocycles. The number of unbranched alkanes of at least 4 members (excludes halogenated alkanes) is 10. The van der Waals surface area contributed by atoms with Crippen molar-refractivity contribution in [2.45, 2.75) is 186 Å². The maximum atomic E-state index is 15.8. The van der Waals surface area contributed by atoms with E-state index in [1.807, 2.05) is 13.8 Å². The summed E-state index contributed by atoms with van der Waals surface area (Å²) >= 11 is 0. The van der Waals surface area contributed by atoms with Gasteiger partial charge < -0.3 is 4.43 Å². The van der Waals surface area contributed by atoms with E-state index in [0.29, 0.717) is 12.1 Å². The van der Waals surface area contributed by atoms with Crippen LogP contribution in [-0.4, -0.2) is 24.5 Å². The zero-order valence-electron chi connectivity index (χ0n) is 31.9. The fourth-order valence-corrected chi connectivity index (χ4v) is 15.9. The molecule has 2 aromatic rings. The lowest BCUT2D eigenvalue weighted by Gasteiger charge is -2.36. The van der Waals surface area contributed by atoms with Crippen molar-refractivity contribution in [3.63, 3.8) is 0 Å². The SMILES string of the molecule is CC[Si](C)(CC)CCCCCCCC[Si](CCCCCCCC[Si](C)(CC)CC)(Oc1c(F)c(F)c2c(F)c(F)[c]c(F)c2c1F)C(C)C. The summed E-state index contributed by atoms with van der Waals surface area (Å²) < 4.78 is 95.8. The highest BCUT2D eigenvalue weighted by molar-refractivity contribution is 6.79. The van der Waals surface area contributed by atoms with Gasteiger partial charge >= 0.3 is 0 Å². The smallest absolute Gasteiger partial charge is 0.254 e. The van der Waals surface area contributed by atoms with Gasteiger partial charge in [-0.2, -0.15) is 4.39 Å². The van der Waals surface area contributed by atoms with Gasteiger partial charge in [-0.3, -0.25) is 0 Å². The maximum absolute atomic E-state index is 15.8. The first-order valence-corrected chi connectivity index (χ1v) is 28.0. The summed E-state index contributed by atoms with van der Waals surface area (Å²) in [4.78, 5) is 0. The molecule has 0 aliphatic carbocycles. The molecule has 0 heterocycles. The summed E-state index contributed by atoms with van der Waals surface area (Å²) in [7, 11) is -5.16. The zero-order chi connectivity index (χ0) is 36.8. The Balaban J connectivity index is 2.19. The molecule has 0 atom stereocenters. The van der Waals surface area contributed by atoms with Crippen LogP contribution < -0.4 is 4.43 Å². The van der Waals surface area contributed by atoms with Crippen LogP contribution >= 0.6 is 0 Å². The summed E-state index contributed by atoms with van der Waals surface area (Å²) in [5.41, 5.74) is -0.0668. The maximum Gasteiger partial charge on any atom is 0.254 e. The number of benzene rings is 2. The van der Waals surface area contributed by atoms with Crippen LogP contribution in [0.1, 0.15) is 119 Å². The molecule has 0 spiro atoms. The molecule has 2 aromatic carbocycles. The molecule has 1 radical (unpaired) electrons. The summed E-state index contributed by atoms with van der Waals surface area (Å²) in [5, 5.41) is -2.57. The van der Waals surface area contributed by atoms with Crippen LogP contribution in [0.2, 0.25) is 67.0 Å². The van der Waals surface area contributed by atoms with Crippen LogP contribution in [0.5, 0.6) is 5.75 Å². The van der Waals surface area contributed by atoms with Gasteiger partial charge in [-0.25, -0.2) is 22.0 Å². The van der Waals surface area contributed by atoms with E-state index in [1.165, 1.54) is 68.0 Å². The van der Waals surface area contributed by atoms with Crippen molar-refractivity contribution in [2.24, 2.45) is 0 Å². The van der Waals surface area contributed by atoms with Gasteiger partial charge in [-0.15, -0.1) is 0 Å². The number of fused-ring (bicyclic) bond motifs is 1. The molecule has 0 bridgehead atoms.